The predicted octanol–water partition coefficient (Wildman–Crippen LogP) is 5.18. The molecule has 0 saturated carbocycles. The number of fused-ring (bicyclic) bond motifs is 2. The molecule has 2 aromatic carbocycles. The maximum absolute atomic E-state index is 14.1. The van der Waals surface area contributed by atoms with Gasteiger partial charge in [-0.2, -0.15) is 5.26 Å². The summed E-state index contributed by atoms with van der Waals surface area (Å²) in [6, 6.07) is 21.4. The molecule has 2 unspecified atom stereocenters. The van der Waals surface area contributed by atoms with Gasteiger partial charge in [-0.3, -0.25) is 0 Å². The fourth-order valence-corrected chi connectivity index (χ4v) is 5.41. The van der Waals surface area contributed by atoms with Crippen LogP contribution >= 0.6 is 23.9 Å². The summed E-state index contributed by atoms with van der Waals surface area (Å²) >= 11 is 6.48. The average molecular weight is 524 g/mol. The predicted molar refractivity (Wildman–Crippen MR) is 134 cm³/mol. The summed E-state index contributed by atoms with van der Waals surface area (Å²) in [6.07, 6.45) is -2.40. The highest BCUT2D eigenvalue weighted by molar-refractivity contribution is 7.93. The van der Waals surface area contributed by atoms with Crippen molar-refractivity contribution in [1.82, 2.24) is 8.96 Å². The zero-order chi connectivity index (χ0) is 24.8. The second kappa shape index (κ2) is 9.39. The van der Waals surface area contributed by atoms with Gasteiger partial charge in [0.25, 0.3) is 0 Å². The summed E-state index contributed by atoms with van der Waals surface area (Å²) in [5.41, 5.74) is 4.02. The number of rotatable bonds is 5. The smallest absolute Gasteiger partial charge is 0.227 e. The van der Waals surface area contributed by atoms with Crippen molar-refractivity contribution >= 4 is 35.0 Å². The number of aliphatic hydroxyl groups is 1. The molecule has 0 amide bonds. The number of ether oxygens (including phenoxy) is 3. The number of nitriles is 1. The summed E-state index contributed by atoms with van der Waals surface area (Å²) in [5, 5.41) is 20.3. The third kappa shape index (κ3) is 3.82. The van der Waals surface area contributed by atoms with Crippen LogP contribution in [0.15, 0.2) is 60.7 Å². The van der Waals surface area contributed by atoms with Crippen LogP contribution in [-0.4, -0.2) is 51.7 Å². The van der Waals surface area contributed by atoms with Gasteiger partial charge in [0.05, 0.1) is 29.4 Å². The monoisotopic (exact) mass is 523 g/mol. The lowest BCUT2D eigenvalue weighted by Gasteiger charge is -2.18. The first-order valence-corrected chi connectivity index (χ1v) is 12.3. The van der Waals surface area contributed by atoms with Gasteiger partial charge in [-0.15, -0.1) is 3.89 Å². The molecule has 2 aliphatic rings. The van der Waals surface area contributed by atoms with Crippen LogP contribution in [0.25, 0.3) is 33.4 Å². The zero-order valence-electron chi connectivity index (χ0n) is 18.7. The van der Waals surface area contributed by atoms with Gasteiger partial charge < -0.3 is 19.3 Å². The number of halogens is 2. The maximum atomic E-state index is 14.1. The van der Waals surface area contributed by atoms with E-state index in [1.807, 2.05) is 54.6 Å². The Labute approximate surface area is 215 Å². The van der Waals surface area contributed by atoms with E-state index in [1.54, 1.807) is 6.07 Å². The van der Waals surface area contributed by atoms with Gasteiger partial charge in [-0.1, -0.05) is 66.2 Å². The number of hydrogen-bond acceptors (Lipinski definition) is 7. The molecular weight excluding hydrogens is 505 g/mol. The SMILES string of the molecule is N#Cc1c(OC2CO[C@@H]3C(O)CO[C@H]23)n(SF)c2cc(Cl)c(-c3ccc(-c4ccccc4)cc3)nc12. The van der Waals surface area contributed by atoms with Gasteiger partial charge >= 0.3 is 0 Å². The summed E-state index contributed by atoms with van der Waals surface area (Å²) < 4.78 is 32.6. The number of aliphatic hydroxyl groups excluding tert-OH is 1. The molecular formula is C26H19ClFN3O4S. The maximum Gasteiger partial charge on any atom is 0.227 e. The molecule has 2 saturated heterocycles. The van der Waals surface area contributed by atoms with Crippen LogP contribution in [0.4, 0.5) is 3.89 Å². The topological polar surface area (TPSA) is 89.5 Å². The van der Waals surface area contributed by atoms with Crippen molar-refractivity contribution in [3.8, 4) is 34.3 Å². The lowest BCUT2D eigenvalue weighted by atomic mass is 10.0. The molecule has 7 nitrogen and oxygen atoms in total. The van der Waals surface area contributed by atoms with Gasteiger partial charge in [0, 0.05) is 5.56 Å². The molecule has 0 bridgehead atoms. The molecule has 2 fully saturated rings. The van der Waals surface area contributed by atoms with Crippen molar-refractivity contribution in [2.24, 2.45) is 0 Å². The van der Waals surface area contributed by atoms with E-state index < -0.39 is 24.4 Å². The number of pyridine rings is 1. The van der Waals surface area contributed by atoms with E-state index in [0.717, 1.165) is 20.7 Å². The highest BCUT2D eigenvalue weighted by Gasteiger charge is 2.49. The Morgan fingerprint density at radius 3 is 2.47 bits per heavy atom. The lowest BCUT2D eigenvalue weighted by Crippen LogP contribution is -2.35. The number of benzene rings is 2. The molecule has 2 aromatic heterocycles. The highest BCUT2D eigenvalue weighted by Crippen LogP contribution is 2.41. The van der Waals surface area contributed by atoms with Crippen molar-refractivity contribution in [3.63, 3.8) is 0 Å². The number of nitrogens with zero attached hydrogens (tertiary/aromatic N) is 3. The van der Waals surface area contributed by atoms with Crippen LogP contribution in [0.3, 0.4) is 0 Å². The molecule has 6 rings (SSSR count). The first-order valence-electron chi connectivity index (χ1n) is 11.3. The Balaban J connectivity index is 1.39. The van der Waals surface area contributed by atoms with E-state index in [2.05, 4.69) is 11.1 Å². The van der Waals surface area contributed by atoms with Crippen molar-refractivity contribution in [2.75, 3.05) is 13.2 Å². The summed E-state index contributed by atoms with van der Waals surface area (Å²) in [6.45, 7) is 0.272. The Hall–Kier alpha value is -3.13. The number of hydrogen-bond donors (Lipinski definition) is 1. The van der Waals surface area contributed by atoms with Crippen LogP contribution in [0.5, 0.6) is 5.88 Å². The fourth-order valence-electron chi connectivity index (χ4n) is 4.75. The van der Waals surface area contributed by atoms with Gasteiger partial charge in [0.2, 0.25) is 5.88 Å². The van der Waals surface area contributed by atoms with Gasteiger partial charge in [0.1, 0.15) is 35.5 Å². The van der Waals surface area contributed by atoms with Crippen LogP contribution in [-0.2, 0) is 9.47 Å². The molecule has 2 aliphatic heterocycles. The normalized spacial score (nSPS) is 23.1. The zero-order valence-corrected chi connectivity index (χ0v) is 20.2. The largest absolute Gasteiger partial charge is 0.469 e. The first kappa shape index (κ1) is 23.3. The second-order valence-electron chi connectivity index (χ2n) is 8.60. The van der Waals surface area contributed by atoms with Gasteiger partial charge in [0.15, 0.2) is 18.4 Å². The fraction of sp³-hybridized carbons (Fsp3) is 0.231. The minimum absolute atomic E-state index is 0.000572. The molecule has 4 atom stereocenters. The highest BCUT2D eigenvalue weighted by atomic mass is 35.5. The third-order valence-electron chi connectivity index (χ3n) is 6.50. The molecule has 4 aromatic rings. The van der Waals surface area contributed by atoms with E-state index in [0.29, 0.717) is 16.2 Å². The Morgan fingerprint density at radius 1 is 1.06 bits per heavy atom. The Bertz CT molecular complexity index is 1480. The lowest BCUT2D eigenvalue weighted by molar-refractivity contribution is 0.00770. The number of aromatic nitrogens is 2. The van der Waals surface area contributed by atoms with Crippen LogP contribution in [0.1, 0.15) is 5.56 Å². The molecule has 36 heavy (non-hydrogen) atoms. The van der Waals surface area contributed by atoms with Crippen molar-refractivity contribution in [3.05, 3.63) is 71.2 Å². The summed E-state index contributed by atoms with van der Waals surface area (Å²) in [4.78, 5) is 4.66. The molecule has 182 valence electrons. The minimum Gasteiger partial charge on any atom is -0.469 e. The summed E-state index contributed by atoms with van der Waals surface area (Å²) in [7, 11) is 0. The molecule has 10 heteroatoms. The quantitative estimate of drug-likeness (QED) is 0.385. The Morgan fingerprint density at radius 2 is 1.75 bits per heavy atom. The molecule has 4 heterocycles. The van der Waals surface area contributed by atoms with E-state index in [-0.39, 0.29) is 42.5 Å². The van der Waals surface area contributed by atoms with E-state index >= 15 is 0 Å². The standard InChI is InChI=1S/C26H19ClFN3O4S/c27-18-10-19-23(30-22(18)16-8-6-15(7-9-16)14-4-2-1-3-5-14)17(11-29)26(31(19)36-28)35-21-13-34-24-20(32)12-33-25(21)24/h1-10,20-21,24-25,32H,12-13H2/t20?,21?,24-,25-/m1/s1. The Kier molecular flexibility index (Phi) is 6.07. The minimum atomic E-state index is -0.753. The summed E-state index contributed by atoms with van der Waals surface area (Å²) in [5.74, 6) is -0.000572. The van der Waals surface area contributed by atoms with E-state index in [4.69, 9.17) is 25.8 Å². The van der Waals surface area contributed by atoms with Crippen LogP contribution in [0.2, 0.25) is 5.02 Å². The van der Waals surface area contributed by atoms with Crippen LogP contribution < -0.4 is 4.74 Å². The third-order valence-corrected chi connectivity index (χ3v) is 7.29. The molecule has 1 N–H and O–H groups in total. The van der Waals surface area contributed by atoms with E-state index in [1.165, 1.54) is 0 Å². The van der Waals surface area contributed by atoms with Crippen molar-refractivity contribution < 1.29 is 23.2 Å². The van der Waals surface area contributed by atoms with Crippen LogP contribution in [0, 0.1) is 11.3 Å². The first-order chi connectivity index (χ1) is 17.6. The van der Waals surface area contributed by atoms with Crippen molar-refractivity contribution in [2.45, 2.75) is 24.4 Å². The van der Waals surface area contributed by atoms with Crippen molar-refractivity contribution in [1.29, 1.82) is 5.26 Å². The molecule has 0 spiro atoms. The average Bonchev–Trinajstić information content (AvgIpc) is 3.57. The molecule has 0 radical (unpaired) electrons. The van der Waals surface area contributed by atoms with Gasteiger partial charge in [-0.25, -0.2) is 8.96 Å². The van der Waals surface area contributed by atoms with Gasteiger partial charge in [-0.05, 0) is 17.2 Å². The van der Waals surface area contributed by atoms with E-state index in [9.17, 15) is 14.3 Å². The molecule has 0 aliphatic carbocycles. The second-order valence-corrected chi connectivity index (χ2v) is 9.52.